The predicted molar refractivity (Wildman–Crippen MR) is 87.0 cm³/mol. The number of hydrogen-bond acceptors (Lipinski definition) is 3. The summed E-state index contributed by atoms with van der Waals surface area (Å²) < 4.78 is 6.08. The van der Waals surface area contributed by atoms with E-state index in [-0.39, 0.29) is 5.41 Å². The fourth-order valence-electron chi connectivity index (χ4n) is 2.19. The third-order valence-electron chi connectivity index (χ3n) is 3.49. The SMILES string of the molecule is CNCc1cnccc1Oc1ccc(C(C)(C)C)cc1C. The molecule has 1 N–H and O–H groups in total. The van der Waals surface area contributed by atoms with Gasteiger partial charge in [-0.25, -0.2) is 0 Å². The third kappa shape index (κ3) is 3.82. The summed E-state index contributed by atoms with van der Waals surface area (Å²) in [7, 11) is 1.92. The standard InChI is InChI=1S/C18H24N2O/c1-13-10-15(18(2,3)4)6-7-16(13)21-17-8-9-20-12-14(17)11-19-5/h6-10,12,19H,11H2,1-5H3. The Morgan fingerprint density at radius 1 is 1.14 bits per heavy atom. The van der Waals surface area contributed by atoms with Crippen LogP contribution in [0.15, 0.2) is 36.7 Å². The van der Waals surface area contributed by atoms with Crippen LogP contribution in [-0.4, -0.2) is 12.0 Å². The molecule has 0 aliphatic rings. The van der Waals surface area contributed by atoms with Crippen molar-refractivity contribution in [2.75, 3.05) is 7.05 Å². The molecule has 0 saturated carbocycles. The maximum absolute atomic E-state index is 6.08. The van der Waals surface area contributed by atoms with E-state index in [4.69, 9.17) is 4.74 Å². The largest absolute Gasteiger partial charge is 0.457 e. The summed E-state index contributed by atoms with van der Waals surface area (Å²) in [4.78, 5) is 4.15. The summed E-state index contributed by atoms with van der Waals surface area (Å²) in [5.41, 5.74) is 3.67. The van der Waals surface area contributed by atoms with Gasteiger partial charge in [0.15, 0.2) is 0 Å². The van der Waals surface area contributed by atoms with Gasteiger partial charge in [-0.15, -0.1) is 0 Å². The van der Waals surface area contributed by atoms with Crippen molar-refractivity contribution in [3.8, 4) is 11.5 Å². The first-order chi connectivity index (χ1) is 9.91. The minimum absolute atomic E-state index is 0.150. The van der Waals surface area contributed by atoms with E-state index in [9.17, 15) is 0 Å². The zero-order valence-electron chi connectivity index (χ0n) is 13.5. The number of nitrogens with zero attached hydrogens (tertiary/aromatic N) is 1. The van der Waals surface area contributed by atoms with Gasteiger partial charge in [0.1, 0.15) is 11.5 Å². The monoisotopic (exact) mass is 284 g/mol. The van der Waals surface area contributed by atoms with E-state index in [1.807, 2.05) is 19.3 Å². The first kappa shape index (κ1) is 15.5. The Balaban J connectivity index is 2.28. The second kappa shape index (κ2) is 6.27. The zero-order valence-corrected chi connectivity index (χ0v) is 13.5. The Morgan fingerprint density at radius 2 is 1.90 bits per heavy atom. The number of rotatable bonds is 4. The van der Waals surface area contributed by atoms with Gasteiger partial charge < -0.3 is 10.1 Å². The van der Waals surface area contributed by atoms with E-state index in [2.05, 4.69) is 56.2 Å². The minimum atomic E-state index is 0.150. The Labute approximate surface area is 127 Å². The molecule has 2 rings (SSSR count). The highest BCUT2D eigenvalue weighted by Crippen LogP contribution is 2.31. The highest BCUT2D eigenvalue weighted by molar-refractivity contribution is 5.43. The molecule has 2 aromatic rings. The van der Waals surface area contributed by atoms with Crippen molar-refractivity contribution in [3.05, 3.63) is 53.3 Å². The van der Waals surface area contributed by atoms with Crippen LogP contribution in [0.4, 0.5) is 0 Å². The molecule has 0 unspecified atom stereocenters. The fraction of sp³-hybridized carbons (Fsp3) is 0.389. The van der Waals surface area contributed by atoms with Crippen LogP contribution in [0.25, 0.3) is 0 Å². The molecule has 3 heteroatoms. The normalized spacial score (nSPS) is 11.5. The lowest BCUT2D eigenvalue weighted by atomic mass is 9.86. The Bertz CT molecular complexity index is 615. The van der Waals surface area contributed by atoms with Gasteiger partial charge in [0, 0.05) is 24.5 Å². The van der Waals surface area contributed by atoms with Crippen molar-refractivity contribution >= 4 is 0 Å². The van der Waals surface area contributed by atoms with Gasteiger partial charge in [0.05, 0.1) is 0 Å². The van der Waals surface area contributed by atoms with Crippen LogP contribution >= 0.6 is 0 Å². The quantitative estimate of drug-likeness (QED) is 0.913. The summed E-state index contributed by atoms with van der Waals surface area (Å²) in [6, 6.07) is 8.30. The van der Waals surface area contributed by atoms with Crippen LogP contribution in [0, 0.1) is 6.92 Å². The molecule has 1 aromatic carbocycles. The lowest BCUT2D eigenvalue weighted by Gasteiger charge is -2.21. The van der Waals surface area contributed by atoms with Crippen LogP contribution in [0.5, 0.6) is 11.5 Å². The van der Waals surface area contributed by atoms with Gasteiger partial charge in [0.25, 0.3) is 0 Å². The van der Waals surface area contributed by atoms with Crippen LogP contribution < -0.4 is 10.1 Å². The van der Waals surface area contributed by atoms with Gasteiger partial charge in [0.2, 0.25) is 0 Å². The number of ether oxygens (including phenoxy) is 1. The average molecular weight is 284 g/mol. The molecule has 0 fully saturated rings. The second-order valence-electron chi connectivity index (χ2n) is 6.35. The number of hydrogen-bond donors (Lipinski definition) is 1. The molecule has 0 saturated heterocycles. The van der Waals surface area contributed by atoms with Crippen LogP contribution in [0.3, 0.4) is 0 Å². The maximum atomic E-state index is 6.08. The molecule has 0 amide bonds. The van der Waals surface area contributed by atoms with Crippen LogP contribution in [0.1, 0.15) is 37.5 Å². The molecule has 0 aliphatic carbocycles. The molecule has 3 nitrogen and oxygen atoms in total. The third-order valence-corrected chi connectivity index (χ3v) is 3.49. The van der Waals surface area contributed by atoms with E-state index in [1.165, 1.54) is 5.56 Å². The van der Waals surface area contributed by atoms with Gasteiger partial charge in [-0.05, 0) is 42.6 Å². The van der Waals surface area contributed by atoms with Crippen molar-refractivity contribution in [3.63, 3.8) is 0 Å². The summed E-state index contributed by atoms with van der Waals surface area (Å²) in [6.07, 6.45) is 3.60. The van der Waals surface area contributed by atoms with Gasteiger partial charge in [-0.3, -0.25) is 4.98 Å². The Kier molecular flexibility index (Phi) is 4.63. The van der Waals surface area contributed by atoms with Crippen LogP contribution in [-0.2, 0) is 12.0 Å². The molecule has 0 bridgehead atoms. The number of nitrogens with one attached hydrogen (secondary N) is 1. The molecule has 0 atom stereocenters. The molecule has 21 heavy (non-hydrogen) atoms. The van der Waals surface area contributed by atoms with Gasteiger partial charge in [-0.2, -0.15) is 0 Å². The lowest BCUT2D eigenvalue weighted by Crippen LogP contribution is -2.11. The number of pyridine rings is 1. The summed E-state index contributed by atoms with van der Waals surface area (Å²) >= 11 is 0. The van der Waals surface area contributed by atoms with E-state index in [1.54, 1.807) is 6.20 Å². The summed E-state index contributed by atoms with van der Waals surface area (Å²) in [5.74, 6) is 1.75. The zero-order chi connectivity index (χ0) is 15.5. The summed E-state index contributed by atoms with van der Waals surface area (Å²) in [6.45, 7) is 9.48. The van der Waals surface area contributed by atoms with Crippen molar-refractivity contribution in [2.45, 2.75) is 39.7 Å². The summed E-state index contributed by atoms with van der Waals surface area (Å²) in [5, 5.41) is 3.13. The molecule has 0 radical (unpaired) electrons. The van der Waals surface area contributed by atoms with E-state index in [0.29, 0.717) is 0 Å². The van der Waals surface area contributed by atoms with Crippen molar-refractivity contribution < 1.29 is 4.74 Å². The molecular weight excluding hydrogens is 260 g/mol. The number of aryl methyl sites for hydroxylation is 1. The Hall–Kier alpha value is -1.87. The van der Waals surface area contributed by atoms with Crippen LogP contribution in [0.2, 0.25) is 0 Å². The van der Waals surface area contributed by atoms with E-state index >= 15 is 0 Å². The molecule has 1 aromatic heterocycles. The topological polar surface area (TPSA) is 34.2 Å². The lowest BCUT2D eigenvalue weighted by molar-refractivity contribution is 0.468. The highest BCUT2D eigenvalue weighted by atomic mass is 16.5. The first-order valence-electron chi connectivity index (χ1n) is 7.28. The van der Waals surface area contributed by atoms with E-state index < -0.39 is 0 Å². The van der Waals surface area contributed by atoms with E-state index in [0.717, 1.165) is 29.2 Å². The van der Waals surface area contributed by atoms with Gasteiger partial charge in [-0.1, -0.05) is 32.9 Å². The highest BCUT2D eigenvalue weighted by Gasteiger charge is 2.15. The first-order valence-corrected chi connectivity index (χ1v) is 7.28. The van der Waals surface area contributed by atoms with Crippen molar-refractivity contribution in [2.24, 2.45) is 0 Å². The van der Waals surface area contributed by atoms with Crippen molar-refractivity contribution in [1.29, 1.82) is 0 Å². The second-order valence-corrected chi connectivity index (χ2v) is 6.35. The minimum Gasteiger partial charge on any atom is -0.457 e. The molecule has 0 spiro atoms. The predicted octanol–water partition coefficient (Wildman–Crippen LogP) is 4.20. The number of aromatic nitrogens is 1. The smallest absolute Gasteiger partial charge is 0.135 e. The molecular formula is C18H24N2O. The van der Waals surface area contributed by atoms with Crippen molar-refractivity contribution in [1.82, 2.24) is 10.3 Å². The number of benzene rings is 1. The molecule has 0 aliphatic heterocycles. The van der Waals surface area contributed by atoms with Gasteiger partial charge >= 0.3 is 0 Å². The average Bonchev–Trinajstić information content (AvgIpc) is 2.42. The molecule has 1 heterocycles. The molecule has 112 valence electrons. The maximum Gasteiger partial charge on any atom is 0.135 e. The Morgan fingerprint density at radius 3 is 2.52 bits per heavy atom. The fourth-order valence-corrected chi connectivity index (χ4v) is 2.19.